The maximum Gasteiger partial charge on any atom is 0.128 e. The van der Waals surface area contributed by atoms with E-state index in [1.807, 2.05) is 6.92 Å². The average molecular weight is 263 g/mol. The molecule has 0 aliphatic carbocycles. The van der Waals surface area contributed by atoms with Crippen molar-refractivity contribution in [3.63, 3.8) is 0 Å². The number of nitrogens with two attached hydrogens (primary N) is 1. The second kappa shape index (κ2) is 5.75. The van der Waals surface area contributed by atoms with Gasteiger partial charge in [0.15, 0.2) is 0 Å². The monoisotopic (exact) mass is 263 g/mol. The van der Waals surface area contributed by atoms with E-state index in [0.717, 1.165) is 12.1 Å². The third-order valence-electron chi connectivity index (χ3n) is 2.86. The Morgan fingerprint density at radius 1 is 1.26 bits per heavy atom. The first-order valence-corrected chi connectivity index (χ1v) is 6.02. The Morgan fingerprint density at radius 2 is 2.05 bits per heavy atom. The first-order valence-electron chi connectivity index (χ1n) is 6.02. The fourth-order valence-corrected chi connectivity index (χ4v) is 2.00. The van der Waals surface area contributed by atoms with Crippen LogP contribution in [0.15, 0.2) is 36.5 Å². The number of pyridine rings is 1. The van der Waals surface area contributed by atoms with Crippen molar-refractivity contribution < 1.29 is 8.78 Å². The molecule has 3 N–H and O–H groups in total. The van der Waals surface area contributed by atoms with Crippen molar-refractivity contribution in [2.24, 2.45) is 0 Å². The molecule has 1 atom stereocenters. The molecule has 0 fully saturated rings. The van der Waals surface area contributed by atoms with Crippen molar-refractivity contribution in [3.05, 3.63) is 59.3 Å². The minimum absolute atomic E-state index is 0.224. The first kappa shape index (κ1) is 13.4. The molecule has 0 saturated carbocycles. The van der Waals surface area contributed by atoms with Gasteiger partial charge < -0.3 is 11.1 Å². The summed E-state index contributed by atoms with van der Waals surface area (Å²) in [6, 6.07) is 6.33. The van der Waals surface area contributed by atoms with Gasteiger partial charge in [0.1, 0.15) is 17.5 Å². The van der Waals surface area contributed by atoms with E-state index < -0.39 is 17.7 Å². The van der Waals surface area contributed by atoms with Crippen LogP contribution in [0.4, 0.5) is 14.6 Å². The van der Waals surface area contributed by atoms with Crippen LogP contribution in [0, 0.1) is 11.6 Å². The van der Waals surface area contributed by atoms with E-state index in [2.05, 4.69) is 10.3 Å². The smallest absolute Gasteiger partial charge is 0.128 e. The van der Waals surface area contributed by atoms with E-state index in [-0.39, 0.29) is 5.56 Å². The molecule has 0 aliphatic heterocycles. The summed E-state index contributed by atoms with van der Waals surface area (Å²) < 4.78 is 27.2. The molecule has 2 aromatic rings. The van der Waals surface area contributed by atoms with Crippen molar-refractivity contribution >= 4 is 5.82 Å². The Labute approximate surface area is 110 Å². The van der Waals surface area contributed by atoms with E-state index in [9.17, 15) is 8.78 Å². The van der Waals surface area contributed by atoms with Gasteiger partial charge in [-0.15, -0.1) is 0 Å². The lowest BCUT2D eigenvalue weighted by atomic mass is 9.98. The van der Waals surface area contributed by atoms with E-state index in [4.69, 9.17) is 5.73 Å². The summed E-state index contributed by atoms with van der Waals surface area (Å²) in [4.78, 5) is 3.98. The molecule has 100 valence electrons. The van der Waals surface area contributed by atoms with Crippen LogP contribution in [-0.2, 0) is 0 Å². The second-order valence-corrected chi connectivity index (χ2v) is 4.13. The highest BCUT2D eigenvalue weighted by atomic mass is 19.1. The molecule has 2 rings (SSSR count). The number of halogens is 2. The Balaban J connectivity index is 2.51. The molecule has 0 spiro atoms. The number of nitrogen functional groups attached to an aromatic ring is 1. The first-order chi connectivity index (χ1) is 9.13. The molecule has 3 nitrogen and oxygen atoms in total. The molecule has 19 heavy (non-hydrogen) atoms. The fraction of sp³-hybridized carbons (Fsp3) is 0.214. The zero-order valence-electron chi connectivity index (χ0n) is 10.5. The van der Waals surface area contributed by atoms with Crippen LogP contribution in [0.2, 0.25) is 0 Å². The van der Waals surface area contributed by atoms with Gasteiger partial charge in [-0.05, 0) is 30.8 Å². The summed E-state index contributed by atoms with van der Waals surface area (Å²) in [6.07, 6.45) is 1.56. The Hall–Kier alpha value is -2.01. The summed E-state index contributed by atoms with van der Waals surface area (Å²) in [5.41, 5.74) is 6.67. The van der Waals surface area contributed by atoms with E-state index in [0.29, 0.717) is 17.9 Å². The second-order valence-electron chi connectivity index (χ2n) is 4.13. The highest BCUT2D eigenvalue weighted by Crippen LogP contribution is 2.27. The van der Waals surface area contributed by atoms with Gasteiger partial charge >= 0.3 is 0 Å². The lowest BCUT2D eigenvalue weighted by Crippen LogP contribution is -2.24. The van der Waals surface area contributed by atoms with Gasteiger partial charge in [0.2, 0.25) is 0 Å². The quantitative estimate of drug-likeness (QED) is 0.891. The fourth-order valence-electron chi connectivity index (χ4n) is 2.00. The van der Waals surface area contributed by atoms with Crippen LogP contribution in [0.3, 0.4) is 0 Å². The maximum absolute atomic E-state index is 13.9. The van der Waals surface area contributed by atoms with E-state index in [1.54, 1.807) is 18.3 Å². The molecular weight excluding hydrogens is 248 g/mol. The van der Waals surface area contributed by atoms with Crippen molar-refractivity contribution in [3.8, 4) is 0 Å². The summed E-state index contributed by atoms with van der Waals surface area (Å²) in [6.45, 7) is 2.48. The van der Waals surface area contributed by atoms with Gasteiger partial charge in [-0.3, -0.25) is 0 Å². The Bertz CT molecular complexity index is 572. The third kappa shape index (κ3) is 2.88. The van der Waals surface area contributed by atoms with Gasteiger partial charge in [0.05, 0.1) is 6.04 Å². The summed E-state index contributed by atoms with van der Waals surface area (Å²) >= 11 is 0. The SMILES string of the molecule is CCNC(c1cc(F)ccc1F)c1cccnc1N. The minimum atomic E-state index is -0.519. The minimum Gasteiger partial charge on any atom is -0.383 e. The van der Waals surface area contributed by atoms with Crippen LogP contribution in [0.1, 0.15) is 24.1 Å². The maximum atomic E-state index is 13.9. The standard InChI is InChI=1S/C14H15F2N3/c1-2-18-13(10-4-3-7-19-14(10)17)11-8-9(15)5-6-12(11)16/h3-8,13,18H,2H2,1H3,(H2,17,19). The Morgan fingerprint density at radius 3 is 2.74 bits per heavy atom. The van der Waals surface area contributed by atoms with Crippen LogP contribution in [-0.4, -0.2) is 11.5 Å². The van der Waals surface area contributed by atoms with Crippen LogP contribution < -0.4 is 11.1 Å². The zero-order valence-corrected chi connectivity index (χ0v) is 10.5. The van der Waals surface area contributed by atoms with Crippen LogP contribution >= 0.6 is 0 Å². The number of benzene rings is 1. The van der Waals surface area contributed by atoms with Gasteiger partial charge in [0.25, 0.3) is 0 Å². The van der Waals surface area contributed by atoms with Gasteiger partial charge in [-0.2, -0.15) is 0 Å². The summed E-state index contributed by atoms with van der Waals surface area (Å²) in [5.74, 6) is -0.658. The molecule has 0 bridgehead atoms. The molecule has 0 amide bonds. The van der Waals surface area contributed by atoms with Crippen molar-refractivity contribution in [2.75, 3.05) is 12.3 Å². The number of nitrogens with zero attached hydrogens (tertiary/aromatic N) is 1. The lowest BCUT2D eigenvalue weighted by molar-refractivity contribution is 0.545. The van der Waals surface area contributed by atoms with Crippen LogP contribution in [0.5, 0.6) is 0 Å². The number of anilines is 1. The largest absolute Gasteiger partial charge is 0.383 e. The van der Waals surface area contributed by atoms with E-state index >= 15 is 0 Å². The number of hydrogen-bond donors (Lipinski definition) is 2. The number of rotatable bonds is 4. The van der Waals surface area contributed by atoms with Crippen molar-refractivity contribution in [1.82, 2.24) is 10.3 Å². The topological polar surface area (TPSA) is 50.9 Å². The number of aromatic nitrogens is 1. The van der Waals surface area contributed by atoms with Gasteiger partial charge in [-0.25, -0.2) is 13.8 Å². The molecular formula is C14H15F2N3. The van der Waals surface area contributed by atoms with Crippen molar-refractivity contribution in [2.45, 2.75) is 13.0 Å². The van der Waals surface area contributed by atoms with Crippen molar-refractivity contribution in [1.29, 1.82) is 0 Å². The molecule has 5 heteroatoms. The predicted octanol–water partition coefficient (Wildman–Crippen LogP) is 2.64. The lowest BCUT2D eigenvalue weighted by Gasteiger charge is -2.20. The molecule has 1 aromatic carbocycles. The Kier molecular flexibility index (Phi) is 4.06. The summed E-state index contributed by atoms with van der Waals surface area (Å²) in [7, 11) is 0. The van der Waals surface area contributed by atoms with Gasteiger partial charge in [-0.1, -0.05) is 13.0 Å². The molecule has 0 radical (unpaired) electrons. The molecule has 1 heterocycles. The third-order valence-corrected chi connectivity index (χ3v) is 2.86. The van der Waals surface area contributed by atoms with Crippen LogP contribution in [0.25, 0.3) is 0 Å². The summed E-state index contributed by atoms with van der Waals surface area (Å²) in [5, 5.41) is 3.10. The molecule has 0 saturated heterocycles. The zero-order chi connectivity index (χ0) is 13.8. The predicted molar refractivity (Wildman–Crippen MR) is 70.5 cm³/mol. The molecule has 1 aromatic heterocycles. The molecule has 1 unspecified atom stereocenters. The number of hydrogen-bond acceptors (Lipinski definition) is 3. The highest BCUT2D eigenvalue weighted by Gasteiger charge is 2.20. The normalized spacial score (nSPS) is 12.4. The molecule has 0 aliphatic rings. The van der Waals surface area contributed by atoms with E-state index in [1.165, 1.54) is 6.07 Å². The average Bonchev–Trinajstić information content (AvgIpc) is 2.40. The number of nitrogens with one attached hydrogen (secondary N) is 1. The highest BCUT2D eigenvalue weighted by molar-refractivity contribution is 5.45. The van der Waals surface area contributed by atoms with Gasteiger partial charge in [0, 0.05) is 17.3 Å².